The third-order valence-corrected chi connectivity index (χ3v) is 2.44. The summed E-state index contributed by atoms with van der Waals surface area (Å²) in [5.74, 6) is 0.932. The lowest BCUT2D eigenvalue weighted by Gasteiger charge is -2.11. The first-order valence-electron chi connectivity index (χ1n) is 6.48. The number of nitrogens with one attached hydrogen (secondary N) is 2. The minimum atomic E-state index is -0.160. The van der Waals surface area contributed by atoms with Gasteiger partial charge in [-0.1, -0.05) is 13.8 Å². The summed E-state index contributed by atoms with van der Waals surface area (Å²) >= 11 is 0. The molecule has 1 amide bonds. The number of anilines is 1. The van der Waals surface area contributed by atoms with Gasteiger partial charge in [0.1, 0.15) is 17.8 Å². The number of nitrogens with zero attached hydrogens (tertiary/aromatic N) is 3. The molecule has 0 atom stereocenters. The van der Waals surface area contributed by atoms with Gasteiger partial charge in [-0.05, 0) is 20.0 Å². The first kappa shape index (κ1) is 15.4. The second-order valence-electron chi connectivity index (χ2n) is 5.12. The topological polar surface area (TPSA) is 70.2 Å². The van der Waals surface area contributed by atoms with Crippen LogP contribution in [0.1, 0.15) is 24.3 Å². The molecule has 0 aliphatic heterocycles. The van der Waals surface area contributed by atoms with E-state index in [1.165, 1.54) is 6.33 Å². The fourth-order valence-corrected chi connectivity index (χ4v) is 1.37. The first-order valence-corrected chi connectivity index (χ1v) is 6.48. The molecule has 0 aliphatic rings. The van der Waals surface area contributed by atoms with Crippen molar-refractivity contribution >= 4 is 11.7 Å². The lowest BCUT2D eigenvalue weighted by molar-refractivity contribution is 0.0944. The fourth-order valence-electron chi connectivity index (χ4n) is 1.37. The fraction of sp³-hybridized carbons (Fsp3) is 0.615. The van der Waals surface area contributed by atoms with E-state index in [2.05, 4.69) is 39.3 Å². The number of hydrogen-bond donors (Lipinski definition) is 2. The predicted molar refractivity (Wildman–Crippen MR) is 76.2 cm³/mol. The molecule has 6 nitrogen and oxygen atoms in total. The monoisotopic (exact) mass is 265 g/mol. The van der Waals surface area contributed by atoms with Gasteiger partial charge < -0.3 is 15.5 Å². The van der Waals surface area contributed by atoms with Crippen LogP contribution in [-0.2, 0) is 0 Å². The van der Waals surface area contributed by atoms with Crippen molar-refractivity contribution < 1.29 is 4.79 Å². The van der Waals surface area contributed by atoms with E-state index >= 15 is 0 Å². The zero-order chi connectivity index (χ0) is 14.3. The Morgan fingerprint density at radius 1 is 1.37 bits per heavy atom. The highest BCUT2D eigenvalue weighted by molar-refractivity contribution is 5.92. The molecular formula is C13H23N5O. The maximum Gasteiger partial charge on any atom is 0.270 e. The van der Waals surface area contributed by atoms with Gasteiger partial charge in [0.25, 0.3) is 5.91 Å². The summed E-state index contributed by atoms with van der Waals surface area (Å²) in [5.41, 5.74) is 0.392. The van der Waals surface area contributed by atoms with E-state index in [0.29, 0.717) is 24.0 Å². The summed E-state index contributed by atoms with van der Waals surface area (Å²) in [6.07, 6.45) is 1.41. The van der Waals surface area contributed by atoms with Gasteiger partial charge in [-0.3, -0.25) is 4.79 Å². The van der Waals surface area contributed by atoms with E-state index in [4.69, 9.17) is 0 Å². The van der Waals surface area contributed by atoms with Gasteiger partial charge in [0, 0.05) is 25.7 Å². The molecule has 0 radical (unpaired) electrons. The molecule has 6 heteroatoms. The molecule has 0 saturated carbocycles. The van der Waals surface area contributed by atoms with Crippen molar-refractivity contribution in [3.8, 4) is 0 Å². The zero-order valence-electron chi connectivity index (χ0n) is 12.1. The quantitative estimate of drug-likeness (QED) is 0.764. The van der Waals surface area contributed by atoms with Crippen LogP contribution in [0.15, 0.2) is 12.4 Å². The van der Waals surface area contributed by atoms with Gasteiger partial charge in [-0.15, -0.1) is 0 Å². The highest BCUT2D eigenvalue weighted by Gasteiger charge is 2.08. The molecule has 0 bridgehead atoms. The van der Waals surface area contributed by atoms with Crippen LogP contribution in [0, 0.1) is 5.92 Å². The molecule has 0 aromatic carbocycles. The Kier molecular flexibility index (Phi) is 6.21. The van der Waals surface area contributed by atoms with Crippen molar-refractivity contribution in [2.24, 2.45) is 5.92 Å². The molecule has 1 heterocycles. The Balaban J connectivity index is 2.53. The third-order valence-electron chi connectivity index (χ3n) is 2.44. The van der Waals surface area contributed by atoms with Crippen LogP contribution >= 0.6 is 0 Å². The maximum atomic E-state index is 11.8. The van der Waals surface area contributed by atoms with Crippen molar-refractivity contribution in [3.63, 3.8) is 0 Å². The Bertz CT molecular complexity index is 406. The minimum absolute atomic E-state index is 0.160. The van der Waals surface area contributed by atoms with Crippen molar-refractivity contribution in [1.82, 2.24) is 20.2 Å². The number of rotatable bonds is 7. The van der Waals surface area contributed by atoms with Crippen molar-refractivity contribution in [2.45, 2.75) is 13.8 Å². The molecule has 106 valence electrons. The molecular weight excluding hydrogens is 242 g/mol. The summed E-state index contributed by atoms with van der Waals surface area (Å²) in [7, 11) is 4.01. The largest absolute Gasteiger partial charge is 0.369 e. The summed E-state index contributed by atoms with van der Waals surface area (Å²) < 4.78 is 0. The van der Waals surface area contributed by atoms with Crippen molar-refractivity contribution in [3.05, 3.63) is 18.1 Å². The highest BCUT2D eigenvalue weighted by Crippen LogP contribution is 2.03. The molecule has 0 unspecified atom stereocenters. The van der Waals surface area contributed by atoms with E-state index in [0.717, 1.165) is 13.1 Å². The lowest BCUT2D eigenvalue weighted by Crippen LogP contribution is -2.28. The zero-order valence-corrected chi connectivity index (χ0v) is 12.1. The van der Waals surface area contributed by atoms with Gasteiger partial charge in [-0.25, -0.2) is 9.97 Å². The van der Waals surface area contributed by atoms with Crippen LogP contribution < -0.4 is 10.6 Å². The SMILES string of the molecule is CC(C)CNC(=O)c1cc(NCCN(C)C)ncn1. The maximum absolute atomic E-state index is 11.8. The van der Waals surface area contributed by atoms with Crippen LogP contribution in [0.5, 0.6) is 0 Å². The molecule has 19 heavy (non-hydrogen) atoms. The second kappa shape index (κ2) is 7.68. The van der Waals surface area contributed by atoms with Gasteiger partial charge >= 0.3 is 0 Å². The van der Waals surface area contributed by atoms with E-state index in [1.807, 2.05) is 14.1 Å². The molecule has 0 aliphatic carbocycles. The van der Waals surface area contributed by atoms with E-state index in [-0.39, 0.29) is 5.91 Å². The van der Waals surface area contributed by atoms with Gasteiger partial charge in [0.15, 0.2) is 0 Å². The minimum Gasteiger partial charge on any atom is -0.369 e. The van der Waals surface area contributed by atoms with E-state index < -0.39 is 0 Å². The van der Waals surface area contributed by atoms with E-state index in [1.54, 1.807) is 6.07 Å². The third kappa shape index (κ3) is 6.15. The Labute approximate surface area is 114 Å². The molecule has 0 spiro atoms. The summed E-state index contributed by atoms with van der Waals surface area (Å²) in [6.45, 7) is 6.42. The number of carbonyl (C=O) groups is 1. The molecule has 0 fully saturated rings. The average Bonchev–Trinajstić information content (AvgIpc) is 2.36. The molecule has 1 aromatic heterocycles. The van der Waals surface area contributed by atoms with E-state index in [9.17, 15) is 4.79 Å². The van der Waals surface area contributed by atoms with Crippen molar-refractivity contribution in [1.29, 1.82) is 0 Å². The van der Waals surface area contributed by atoms with Crippen LogP contribution in [0.2, 0.25) is 0 Å². The van der Waals surface area contributed by atoms with Gasteiger partial charge in [-0.2, -0.15) is 0 Å². The number of amides is 1. The molecule has 0 saturated heterocycles. The Morgan fingerprint density at radius 3 is 2.74 bits per heavy atom. The second-order valence-corrected chi connectivity index (χ2v) is 5.12. The summed E-state index contributed by atoms with van der Waals surface area (Å²) in [5, 5.41) is 6.00. The number of hydrogen-bond acceptors (Lipinski definition) is 5. The van der Waals surface area contributed by atoms with Crippen LogP contribution in [0.3, 0.4) is 0 Å². The van der Waals surface area contributed by atoms with Crippen LogP contribution in [0.4, 0.5) is 5.82 Å². The smallest absolute Gasteiger partial charge is 0.270 e. The highest BCUT2D eigenvalue weighted by atomic mass is 16.1. The molecule has 1 rings (SSSR count). The summed E-state index contributed by atoms with van der Waals surface area (Å²) in [6, 6.07) is 1.67. The Morgan fingerprint density at radius 2 is 2.11 bits per heavy atom. The van der Waals surface area contributed by atoms with Crippen molar-refractivity contribution in [2.75, 3.05) is 39.0 Å². The average molecular weight is 265 g/mol. The summed E-state index contributed by atoms with van der Waals surface area (Å²) in [4.78, 5) is 22.0. The Hall–Kier alpha value is -1.69. The van der Waals surface area contributed by atoms with Crippen LogP contribution in [-0.4, -0.2) is 54.5 Å². The normalized spacial score (nSPS) is 10.8. The van der Waals surface area contributed by atoms with Crippen LogP contribution in [0.25, 0.3) is 0 Å². The standard InChI is InChI=1S/C13H23N5O/c1-10(2)8-15-13(19)11-7-12(17-9-16-11)14-5-6-18(3)4/h7,9-10H,5-6,8H2,1-4H3,(H,15,19)(H,14,16,17). The number of aromatic nitrogens is 2. The number of likely N-dealkylation sites (N-methyl/N-ethyl adjacent to an activating group) is 1. The lowest BCUT2D eigenvalue weighted by atomic mass is 10.2. The molecule has 1 aromatic rings. The van der Waals surface area contributed by atoms with Gasteiger partial charge in [0.05, 0.1) is 0 Å². The van der Waals surface area contributed by atoms with Gasteiger partial charge in [0.2, 0.25) is 0 Å². The number of carbonyl (C=O) groups excluding carboxylic acids is 1. The molecule has 2 N–H and O–H groups in total. The first-order chi connectivity index (χ1) is 8.99. The predicted octanol–water partition coefficient (Wildman–Crippen LogP) is 0.836.